The third-order valence-electron chi connectivity index (χ3n) is 2.17. The maximum absolute atomic E-state index is 11.4. The number of hydrogen-bond donors (Lipinski definition) is 2. The Balaban J connectivity index is 2.14. The molecule has 6 nitrogen and oxygen atoms in total. The van der Waals surface area contributed by atoms with Gasteiger partial charge >= 0.3 is 6.01 Å². The van der Waals surface area contributed by atoms with Crippen LogP contribution >= 0.6 is 0 Å². The smallest absolute Gasteiger partial charge is 0.302 e. The first-order valence-corrected chi connectivity index (χ1v) is 5.70. The van der Waals surface area contributed by atoms with Crippen LogP contribution in [0.3, 0.4) is 0 Å². The fourth-order valence-electron chi connectivity index (χ4n) is 1.46. The number of para-hydroxylation sites is 2. The van der Waals surface area contributed by atoms with Crippen molar-refractivity contribution in [2.45, 2.75) is 13.8 Å². The molecule has 1 amide bonds. The van der Waals surface area contributed by atoms with E-state index in [0.29, 0.717) is 11.1 Å². The number of oxazole rings is 1. The Labute approximate surface area is 110 Å². The Morgan fingerprint density at radius 3 is 2.84 bits per heavy atom. The fourth-order valence-corrected chi connectivity index (χ4v) is 1.46. The average molecular weight is 258 g/mol. The highest BCUT2D eigenvalue weighted by Gasteiger charge is 2.06. The number of carbonyl (C=O) groups is 1. The van der Waals surface area contributed by atoms with Gasteiger partial charge in [0.05, 0.1) is 0 Å². The predicted octanol–water partition coefficient (Wildman–Crippen LogP) is 2.05. The lowest BCUT2D eigenvalue weighted by Gasteiger charge is -1.98. The van der Waals surface area contributed by atoms with Gasteiger partial charge in [-0.2, -0.15) is 9.98 Å². The van der Waals surface area contributed by atoms with Crippen molar-refractivity contribution in [3.05, 3.63) is 35.9 Å². The van der Waals surface area contributed by atoms with Gasteiger partial charge in [-0.1, -0.05) is 17.7 Å². The molecule has 0 aliphatic carbocycles. The van der Waals surface area contributed by atoms with Crippen LogP contribution < -0.4 is 11.1 Å². The molecule has 6 heteroatoms. The molecular formula is C13H14N4O2. The molecule has 0 saturated carbocycles. The van der Waals surface area contributed by atoms with Crippen LogP contribution in [0.25, 0.3) is 11.1 Å². The largest absolute Gasteiger partial charge is 0.423 e. The molecule has 0 bridgehead atoms. The molecule has 3 N–H and O–H groups in total. The lowest BCUT2D eigenvalue weighted by Crippen LogP contribution is -2.23. The third-order valence-corrected chi connectivity index (χ3v) is 2.17. The van der Waals surface area contributed by atoms with Crippen molar-refractivity contribution in [2.75, 3.05) is 5.32 Å². The summed E-state index contributed by atoms with van der Waals surface area (Å²) in [6.45, 7) is 3.61. The number of nitrogens with two attached hydrogens (primary N) is 1. The van der Waals surface area contributed by atoms with Gasteiger partial charge in [-0.05, 0) is 26.0 Å². The first kappa shape index (κ1) is 12.8. The molecule has 0 saturated heterocycles. The second-order valence-electron chi connectivity index (χ2n) is 4.17. The van der Waals surface area contributed by atoms with E-state index in [1.54, 1.807) is 19.9 Å². The predicted molar refractivity (Wildman–Crippen MR) is 73.7 cm³/mol. The summed E-state index contributed by atoms with van der Waals surface area (Å²) in [4.78, 5) is 19.2. The lowest BCUT2D eigenvalue weighted by atomic mass is 10.3. The number of aromatic nitrogens is 1. The molecule has 0 unspecified atom stereocenters. The number of benzene rings is 1. The van der Waals surface area contributed by atoms with E-state index in [0.717, 1.165) is 5.57 Å². The van der Waals surface area contributed by atoms with E-state index in [1.165, 1.54) is 6.08 Å². The molecule has 0 aliphatic heterocycles. The Bertz CT molecular complexity index is 633. The van der Waals surface area contributed by atoms with Gasteiger partial charge in [0.15, 0.2) is 5.58 Å². The van der Waals surface area contributed by atoms with Crippen LogP contribution in [0.5, 0.6) is 0 Å². The number of nitrogens with one attached hydrogen (secondary N) is 1. The van der Waals surface area contributed by atoms with Crippen molar-refractivity contribution in [1.29, 1.82) is 0 Å². The van der Waals surface area contributed by atoms with Crippen molar-refractivity contribution in [3.63, 3.8) is 0 Å². The van der Waals surface area contributed by atoms with Gasteiger partial charge in [-0.25, -0.2) is 0 Å². The average Bonchev–Trinajstić information content (AvgIpc) is 2.68. The van der Waals surface area contributed by atoms with E-state index in [-0.39, 0.29) is 12.0 Å². The first-order chi connectivity index (χ1) is 9.04. The highest BCUT2D eigenvalue weighted by atomic mass is 16.4. The molecule has 1 aromatic carbocycles. The molecule has 1 heterocycles. The minimum atomic E-state index is -0.430. The minimum Gasteiger partial charge on any atom is -0.423 e. The Kier molecular flexibility index (Phi) is 3.61. The van der Waals surface area contributed by atoms with Gasteiger partial charge < -0.3 is 10.2 Å². The number of anilines is 1. The maximum atomic E-state index is 11.4. The van der Waals surface area contributed by atoms with Crippen LogP contribution in [-0.4, -0.2) is 16.9 Å². The molecule has 0 atom stereocenters. The zero-order valence-corrected chi connectivity index (χ0v) is 10.7. The number of carbonyl (C=O) groups excluding carboxylic acids is 1. The normalized spacial score (nSPS) is 11.4. The van der Waals surface area contributed by atoms with Crippen LogP contribution in [0.2, 0.25) is 0 Å². The van der Waals surface area contributed by atoms with E-state index in [1.807, 2.05) is 18.2 Å². The molecule has 0 fully saturated rings. The Hall–Kier alpha value is -2.63. The Morgan fingerprint density at radius 2 is 2.16 bits per heavy atom. The van der Waals surface area contributed by atoms with E-state index >= 15 is 0 Å². The van der Waals surface area contributed by atoms with Gasteiger partial charge in [0, 0.05) is 6.08 Å². The van der Waals surface area contributed by atoms with Crippen molar-refractivity contribution in [3.8, 4) is 0 Å². The SMILES string of the molecule is CC(C)=CC(=O)/N=C(\N)Nc1nc2ccccc2o1. The molecule has 0 radical (unpaired) electrons. The number of aliphatic imine (C=N–C) groups is 1. The molecule has 19 heavy (non-hydrogen) atoms. The number of guanidine groups is 1. The molecule has 0 aliphatic rings. The van der Waals surface area contributed by atoms with Crippen LogP contribution in [0, 0.1) is 0 Å². The van der Waals surface area contributed by atoms with Crippen molar-refractivity contribution < 1.29 is 9.21 Å². The zero-order chi connectivity index (χ0) is 13.8. The quantitative estimate of drug-likeness (QED) is 0.488. The summed E-state index contributed by atoms with van der Waals surface area (Å²) in [5, 5.41) is 2.64. The highest BCUT2D eigenvalue weighted by molar-refractivity contribution is 6.03. The zero-order valence-electron chi connectivity index (χ0n) is 10.7. The van der Waals surface area contributed by atoms with Gasteiger partial charge in [0.1, 0.15) is 5.52 Å². The molecule has 0 spiro atoms. The fraction of sp³-hybridized carbons (Fsp3) is 0.154. The number of nitrogens with zero attached hydrogens (tertiary/aromatic N) is 2. The van der Waals surface area contributed by atoms with E-state index in [9.17, 15) is 4.79 Å². The molecule has 98 valence electrons. The Morgan fingerprint density at radius 1 is 1.42 bits per heavy atom. The molecule has 2 rings (SSSR count). The highest BCUT2D eigenvalue weighted by Crippen LogP contribution is 2.17. The third kappa shape index (κ3) is 3.41. The summed E-state index contributed by atoms with van der Waals surface area (Å²) >= 11 is 0. The van der Waals surface area contributed by atoms with E-state index < -0.39 is 5.91 Å². The molecule has 2 aromatic rings. The van der Waals surface area contributed by atoms with E-state index in [2.05, 4.69) is 15.3 Å². The first-order valence-electron chi connectivity index (χ1n) is 5.70. The number of allylic oxidation sites excluding steroid dienone is 1. The van der Waals surface area contributed by atoms with Crippen LogP contribution in [-0.2, 0) is 4.79 Å². The van der Waals surface area contributed by atoms with Crippen molar-refractivity contribution in [1.82, 2.24) is 4.98 Å². The summed E-state index contributed by atoms with van der Waals surface area (Å²) in [5.74, 6) is -0.491. The topological polar surface area (TPSA) is 93.5 Å². The van der Waals surface area contributed by atoms with Gasteiger partial charge in [0.25, 0.3) is 5.91 Å². The van der Waals surface area contributed by atoms with Gasteiger partial charge in [-0.3, -0.25) is 10.1 Å². The molecule has 1 aromatic heterocycles. The van der Waals surface area contributed by atoms with Crippen LogP contribution in [0.15, 0.2) is 45.3 Å². The van der Waals surface area contributed by atoms with E-state index in [4.69, 9.17) is 10.2 Å². The van der Waals surface area contributed by atoms with Crippen molar-refractivity contribution >= 4 is 29.0 Å². The number of rotatable bonds is 2. The maximum Gasteiger partial charge on any atom is 0.302 e. The summed E-state index contributed by atoms with van der Waals surface area (Å²) in [5.41, 5.74) is 7.78. The van der Waals surface area contributed by atoms with Crippen LogP contribution in [0.1, 0.15) is 13.8 Å². The second-order valence-corrected chi connectivity index (χ2v) is 4.17. The number of fused-ring (bicyclic) bond motifs is 1. The summed E-state index contributed by atoms with van der Waals surface area (Å²) in [7, 11) is 0. The summed E-state index contributed by atoms with van der Waals surface area (Å²) in [6, 6.07) is 7.49. The van der Waals surface area contributed by atoms with Gasteiger partial charge in [-0.15, -0.1) is 0 Å². The molecular weight excluding hydrogens is 244 g/mol. The lowest BCUT2D eigenvalue weighted by molar-refractivity contribution is -0.113. The monoisotopic (exact) mass is 258 g/mol. The summed E-state index contributed by atoms with van der Waals surface area (Å²) in [6.07, 6.45) is 1.39. The van der Waals surface area contributed by atoms with Gasteiger partial charge in [0.2, 0.25) is 5.96 Å². The standard InChI is InChI=1S/C13H14N4O2/c1-8(2)7-11(18)16-12(14)17-13-15-9-5-3-4-6-10(9)19-13/h3-7H,1-2H3,(H3,14,15,16,17,18). The number of amides is 1. The van der Waals surface area contributed by atoms with Crippen LogP contribution in [0.4, 0.5) is 6.01 Å². The van der Waals surface area contributed by atoms with Crippen molar-refractivity contribution in [2.24, 2.45) is 10.7 Å². The summed E-state index contributed by atoms with van der Waals surface area (Å²) < 4.78 is 5.39. The minimum absolute atomic E-state index is 0.0611. The number of hydrogen-bond acceptors (Lipinski definition) is 3. The second kappa shape index (κ2) is 5.34.